The molecule has 0 amide bonds. The second kappa shape index (κ2) is 6.18. The number of benzene rings is 3. The van der Waals surface area contributed by atoms with Crippen LogP contribution in [0.15, 0.2) is 78.9 Å². The smallest absolute Gasteiger partial charge is 0.348 e. The number of ether oxygens (including phenoxy) is 1. The van der Waals surface area contributed by atoms with Gasteiger partial charge in [-0.2, -0.15) is 0 Å². The van der Waals surface area contributed by atoms with E-state index in [1.165, 1.54) is 34.6 Å². The van der Waals surface area contributed by atoms with Crippen LogP contribution in [-0.4, -0.2) is 13.1 Å². The highest BCUT2D eigenvalue weighted by molar-refractivity contribution is 7.20. The van der Waals surface area contributed by atoms with Crippen LogP contribution in [0.25, 0.3) is 37.6 Å². The van der Waals surface area contributed by atoms with E-state index in [4.69, 9.17) is 4.74 Å². The van der Waals surface area contributed by atoms with Gasteiger partial charge in [0.1, 0.15) is 4.88 Å². The molecule has 0 aliphatic rings. The third kappa shape index (κ3) is 2.49. The largest absolute Gasteiger partial charge is 0.465 e. The molecule has 4 heteroatoms. The number of carbonyl (C=O) groups excluding carboxylic acids is 1. The van der Waals surface area contributed by atoms with Crippen LogP contribution < -0.4 is 4.57 Å². The van der Waals surface area contributed by atoms with Crippen molar-refractivity contribution in [1.82, 2.24) is 0 Å². The van der Waals surface area contributed by atoms with Crippen molar-refractivity contribution in [2.75, 3.05) is 7.11 Å². The Morgan fingerprint density at radius 2 is 1.63 bits per heavy atom. The SMILES string of the molecule is COC(=O)c1cc2cc3c4ccccc4ccc3[n+](-c3ccccc3)c2s1. The van der Waals surface area contributed by atoms with Gasteiger partial charge in [0.25, 0.3) is 4.83 Å². The third-order valence-corrected chi connectivity index (χ3v) is 5.95. The maximum Gasteiger partial charge on any atom is 0.348 e. The van der Waals surface area contributed by atoms with Crippen LogP contribution in [0.3, 0.4) is 0 Å². The van der Waals surface area contributed by atoms with Crippen molar-refractivity contribution in [2.45, 2.75) is 0 Å². The molecule has 0 radical (unpaired) electrons. The van der Waals surface area contributed by atoms with Crippen molar-refractivity contribution in [3.63, 3.8) is 0 Å². The summed E-state index contributed by atoms with van der Waals surface area (Å²) in [5.41, 5.74) is 2.19. The fourth-order valence-electron chi connectivity index (χ4n) is 3.60. The number of aromatic nitrogens is 1. The molecule has 2 aromatic heterocycles. The van der Waals surface area contributed by atoms with Crippen molar-refractivity contribution in [3.8, 4) is 5.69 Å². The molecule has 130 valence electrons. The summed E-state index contributed by atoms with van der Waals surface area (Å²) in [6.07, 6.45) is 0. The molecule has 27 heavy (non-hydrogen) atoms. The number of methoxy groups -OCH3 is 1. The zero-order valence-corrected chi connectivity index (χ0v) is 15.5. The summed E-state index contributed by atoms with van der Waals surface area (Å²) in [5, 5.41) is 4.60. The molecule has 3 nitrogen and oxygen atoms in total. The summed E-state index contributed by atoms with van der Waals surface area (Å²) in [7, 11) is 1.42. The molecule has 0 atom stereocenters. The molecule has 2 heterocycles. The van der Waals surface area contributed by atoms with Crippen molar-refractivity contribution < 1.29 is 14.1 Å². The number of pyridine rings is 1. The fourth-order valence-corrected chi connectivity index (χ4v) is 4.70. The van der Waals surface area contributed by atoms with Crippen LogP contribution in [0.1, 0.15) is 9.67 Å². The second-order valence-electron chi connectivity index (χ2n) is 6.40. The average Bonchev–Trinajstić information content (AvgIpc) is 3.15. The monoisotopic (exact) mass is 370 g/mol. The van der Waals surface area contributed by atoms with E-state index in [1.807, 2.05) is 24.3 Å². The van der Waals surface area contributed by atoms with Crippen LogP contribution in [0.2, 0.25) is 0 Å². The number of esters is 1. The molecule has 0 saturated carbocycles. The van der Waals surface area contributed by atoms with E-state index in [9.17, 15) is 4.79 Å². The summed E-state index contributed by atoms with van der Waals surface area (Å²) in [6.45, 7) is 0. The van der Waals surface area contributed by atoms with E-state index in [1.54, 1.807) is 0 Å². The highest BCUT2D eigenvalue weighted by Crippen LogP contribution is 2.31. The van der Waals surface area contributed by atoms with Crippen LogP contribution in [0.5, 0.6) is 0 Å². The van der Waals surface area contributed by atoms with E-state index in [0.29, 0.717) is 4.88 Å². The first-order valence-electron chi connectivity index (χ1n) is 8.70. The number of nitrogens with zero attached hydrogens (tertiary/aromatic N) is 1. The minimum Gasteiger partial charge on any atom is -0.465 e. The molecule has 3 aromatic carbocycles. The van der Waals surface area contributed by atoms with Crippen molar-refractivity contribution >= 4 is 49.2 Å². The number of rotatable bonds is 2. The van der Waals surface area contributed by atoms with Crippen molar-refractivity contribution in [3.05, 3.63) is 83.7 Å². The number of fused-ring (bicyclic) bond motifs is 4. The average molecular weight is 370 g/mol. The maximum atomic E-state index is 12.1. The maximum absolute atomic E-state index is 12.1. The van der Waals surface area contributed by atoms with E-state index in [0.717, 1.165) is 21.4 Å². The van der Waals surface area contributed by atoms with Gasteiger partial charge in [0.05, 0.1) is 17.9 Å². The Balaban J connectivity index is 1.98. The standard InChI is InChI=1S/C23H16NO2S/c1-26-23(25)21-14-16-13-19-18-10-6-5-7-15(18)11-12-20(19)24(22(16)27-21)17-8-3-2-4-9-17/h2-14H,1H3/q+1. The molecule has 0 unspecified atom stereocenters. The Morgan fingerprint density at radius 1 is 0.852 bits per heavy atom. The predicted octanol–water partition coefficient (Wildman–Crippen LogP) is 5.27. The normalized spacial score (nSPS) is 11.3. The Bertz CT molecular complexity index is 1320. The van der Waals surface area contributed by atoms with Gasteiger partial charge in [-0.1, -0.05) is 53.8 Å². The first kappa shape index (κ1) is 16.0. The van der Waals surface area contributed by atoms with E-state index < -0.39 is 0 Å². The van der Waals surface area contributed by atoms with Gasteiger partial charge in [-0.3, -0.25) is 0 Å². The third-order valence-electron chi connectivity index (χ3n) is 4.83. The number of para-hydroxylation sites is 1. The van der Waals surface area contributed by atoms with E-state index >= 15 is 0 Å². The molecule has 0 N–H and O–H groups in total. The summed E-state index contributed by atoms with van der Waals surface area (Å²) >= 11 is 1.46. The van der Waals surface area contributed by atoms with Crippen LogP contribution in [0, 0.1) is 0 Å². The van der Waals surface area contributed by atoms with Crippen LogP contribution in [0.4, 0.5) is 0 Å². The zero-order chi connectivity index (χ0) is 18.4. The lowest BCUT2D eigenvalue weighted by molar-refractivity contribution is -0.535. The molecular formula is C23H16NO2S+. The quantitative estimate of drug-likeness (QED) is 0.241. The molecule has 5 rings (SSSR count). The topological polar surface area (TPSA) is 30.2 Å². The highest BCUT2D eigenvalue weighted by Gasteiger charge is 2.23. The Hall–Kier alpha value is -3.24. The number of thiophene rings is 1. The summed E-state index contributed by atoms with van der Waals surface area (Å²) < 4.78 is 7.17. The Kier molecular flexibility index (Phi) is 3.66. The van der Waals surface area contributed by atoms with Gasteiger partial charge in [0.2, 0.25) is 11.2 Å². The van der Waals surface area contributed by atoms with Gasteiger partial charge in [-0.05, 0) is 29.0 Å². The number of hydrogen-bond donors (Lipinski definition) is 0. The molecule has 0 bridgehead atoms. The van der Waals surface area contributed by atoms with Gasteiger partial charge in [-0.25, -0.2) is 4.79 Å². The van der Waals surface area contributed by atoms with Crippen LogP contribution in [-0.2, 0) is 4.74 Å². The van der Waals surface area contributed by atoms with E-state index in [2.05, 4.69) is 59.2 Å². The Morgan fingerprint density at radius 3 is 2.44 bits per heavy atom. The van der Waals surface area contributed by atoms with Gasteiger partial charge >= 0.3 is 5.97 Å². The van der Waals surface area contributed by atoms with Crippen molar-refractivity contribution in [1.29, 1.82) is 0 Å². The Labute approximate surface area is 160 Å². The summed E-state index contributed by atoms with van der Waals surface area (Å²) in [5.74, 6) is -0.301. The summed E-state index contributed by atoms with van der Waals surface area (Å²) in [6, 6.07) is 27.0. The van der Waals surface area contributed by atoms with Crippen molar-refractivity contribution in [2.24, 2.45) is 0 Å². The lowest BCUT2D eigenvalue weighted by atomic mass is 10.0. The lowest BCUT2D eigenvalue weighted by Crippen LogP contribution is -2.31. The minimum atomic E-state index is -0.301. The molecule has 0 saturated heterocycles. The molecule has 5 aromatic rings. The van der Waals surface area contributed by atoms with Gasteiger partial charge in [-0.15, -0.1) is 4.57 Å². The van der Waals surface area contributed by atoms with E-state index in [-0.39, 0.29) is 5.97 Å². The first-order chi connectivity index (χ1) is 13.3. The first-order valence-corrected chi connectivity index (χ1v) is 9.52. The molecule has 0 aliphatic carbocycles. The number of carbonyl (C=O) groups is 1. The highest BCUT2D eigenvalue weighted by atomic mass is 32.1. The number of hydrogen-bond acceptors (Lipinski definition) is 3. The molecule has 0 aliphatic heterocycles. The van der Waals surface area contributed by atoms with Gasteiger partial charge < -0.3 is 4.74 Å². The fraction of sp³-hybridized carbons (Fsp3) is 0.0435. The minimum absolute atomic E-state index is 0.301. The molecule has 0 fully saturated rings. The van der Waals surface area contributed by atoms with Crippen LogP contribution >= 0.6 is 11.3 Å². The second-order valence-corrected chi connectivity index (χ2v) is 7.43. The zero-order valence-electron chi connectivity index (χ0n) is 14.7. The van der Waals surface area contributed by atoms with Gasteiger partial charge in [0.15, 0.2) is 0 Å². The molecule has 0 spiro atoms. The van der Waals surface area contributed by atoms with Gasteiger partial charge in [0, 0.05) is 18.2 Å². The predicted molar refractivity (Wildman–Crippen MR) is 110 cm³/mol. The summed E-state index contributed by atoms with van der Waals surface area (Å²) in [4.78, 5) is 13.8. The molecular weight excluding hydrogens is 354 g/mol. The lowest BCUT2D eigenvalue weighted by Gasteiger charge is -2.05.